The van der Waals surface area contributed by atoms with Crippen LogP contribution in [0.1, 0.15) is 29.3 Å². The third-order valence-electron chi connectivity index (χ3n) is 3.60. The van der Waals surface area contributed by atoms with Gasteiger partial charge in [-0.3, -0.25) is 9.69 Å². The summed E-state index contributed by atoms with van der Waals surface area (Å²) in [5, 5.41) is 0. The van der Waals surface area contributed by atoms with E-state index in [0.29, 0.717) is 43.2 Å². The van der Waals surface area contributed by atoms with Crippen LogP contribution in [-0.2, 0) is 16.1 Å². The first-order chi connectivity index (χ1) is 10.6. The summed E-state index contributed by atoms with van der Waals surface area (Å²) in [6, 6.07) is 3.40. The molecule has 0 aromatic heterocycles. The van der Waals surface area contributed by atoms with Gasteiger partial charge in [-0.15, -0.1) is 0 Å². The number of ketones is 1. The maximum Gasteiger partial charge on any atom is 0.342 e. The first-order valence-corrected chi connectivity index (χ1v) is 7.25. The fourth-order valence-corrected chi connectivity index (χ4v) is 2.52. The lowest BCUT2D eigenvalue weighted by atomic mass is 10.1. The number of hydrogen-bond acceptors (Lipinski definition) is 6. The molecule has 22 heavy (non-hydrogen) atoms. The maximum absolute atomic E-state index is 12.0. The molecule has 0 unspecified atom stereocenters. The predicted octanol–water partition coefficient (Wildman–Crippen LogP) is 1.66. The molecular formula is C16H21NO5. The molecule has 0 atom stereocenters. The molecule has 120 valence electrons. The van der Waals surface area contributed by atoms with Gasteiger partial charge in [-0.05, 0) is 19.1 Å². The number of hydrogen-bond donors (Lipinski definition) is 0. The second-order valence-corrected chi connectivity index (χ2v) is 5.08. The number of carbonyl (C=O) groups excluding carboxylic acids is 2. The van der Waals surface area contributed by atoms with Crippen molar-refractivity contribution < 1.29 is 23.8 Å². The van der Waals surface area contributed by atoms with E-state index in [1.807, 2.05) is 4.90 Å². The highest BCUT2D eigenvalue weighted by molar-refractivity contribution is 5.93. The Bertz CT molecular complexity index is 570. The molecule has 0 radical (unpaired) electrons. The van der Waals surface area contributed by atoms with Crippen LogP contribution in [0.2, 0.25) is 0 Å². The minimum absolute atomic E-state index is 0.245. The van der Waals surface area contributed by atoms with Gasteiger partial charge in [0.1, 0.15) is 22.8 Å². The van der Waals surface area contributed by atoms with Crippen molar-refractivity contribution in [3.05, 3.63) is 23.3 Å². The Balaban J connectivity index is 2.29. The lowest BCUT2D eigenvalue weighted by molar-refractivity contribution is -0.116. The number of rotatable bonds is 6. The highest BCUT2D eigenvalue weighted by atomic mass is 16.5. The zero-order valence-corrected chi connectivity index (χ0v) is 13.2. The number of carbonyl (C=O) groups is 2. The van der Waals surface area contributed by atoms with Crippen molar-refractivity contribution in [2.75, 3.05) is 33.9 Å². The van der Waals surface area contributed by atoms with E-state index in [9.17, 15) is 9.59 Å². The average molecular weight is 307 g/mol. The molecule has 1 heterocycles. The largest absolute Gasteiger partial charge is 0.496 e. The summed E-state index contributed by atoms with van der Waals surface area (Å²) in [5.41, 5.74) is 1.21. The van der Waals surface area contributed by atoms with E-state index in [0.717, 1.165) is 12.1 Å². The number of methoxy groups -OCH3 is 2. The van der Waals surface area contributed by atoms with Crippen LogP contribution in [0.4, 0.5) is 0 Å². The van der Waals surface area contributed by atoms with Gasteiger partial charge >= 0.3 is 5.97 Å². The Morgan fingerprint density at radius 1 is 1.23 bits per heavy atom. The summed E-state index contributed by atoms with van der Waals surface area (Å²) in [6.45, 7) is 3.81. The third kappa shape index (κ3) is 3.57. The highest BCUT2D eigenvalue weighted by Gasteiger charge is 2.23. The molecule has 1 aromatic carbocycles. The monoisotopic (exact) mass is 307 g/mol. The van der Waals surface area contributed by atoms with E-state index in [-0.39, 0.29) is 5.78 Å². The average Bonchev–Trinajstić information content (AvgIpc) is 2.92. The lowest BCUT2D eigenvalue weighted by Crippen LogP contribution is -2.20. The van der Waals surface area contributed by atoms with Gasteiger partial charge in [0.2, 0.25) is 0 Å². The predicted molar refractivity (Wildman–Crippen MR) is 80.4 cm³/mol. The summed E-state index contributed by atoms with van der Waals surface area (Å²) in [4.78, 5) is 25.4. The molecule has 1 saturated heterocycles. The molecule has 1 aromatic rings. The van der Waals surface area contributed by atoms with E-state index in [4.69, 9.17) is 14.2 Å². The highest BCUT2D eigenvalue weighted by Crippen LogP contribution is 2.31. The van der Waals surface area contributed by atoms with E-state index >= 15 is 0 Å². The summed E-state index contributed by atoms with van der Waals surface area (Å²) < 4.78 is 15.7. The summed E-state index contributed by atoms with van der Waals surface area (Å²) >= 11 is 0. The minimum Gasteiger partial charge on any atom is -0.496 e. The van der Waals surface area contributed by atoms with Crippen molar-refractivity contribution in [3.8, 4) is 11.5 Å². The number of likely N-dealkylation sites (tertiary alicyclic amines) is 1. The smallest absolute Gasteiger partial charge is 0.342 e. The quantitative estimate of drug-likeness (QED) is 0.745. The molecule has 6 heteroatoms. The number of nitrogens with zero attached hydrogens (tertiary/aromatic N) is 1. The molecule has 1 aliphatic rings. The Morgan fingerprint density at radius 2 is 1.95 bits per heavy atom. The van der Waals surface area contributed by atoms with Crippen LogP contribution < -0.4 is 9.47 Å². The molecule has 2 rings (SSSR count). The van der Waals surface area contributed by atoms with E-state index in [1.165, 1.54) is 7.11 Å². The van der Waals surface area contributed by atoms with E-state index in [1.54, 1.807) is 26.2 Å². The number of benzene rings is 1. The minimum atomic E-state index is -0.444. The van der Waals surface area contributed by atoms with Crippen LogP contribution in [0.3, 0.4) is 0 Å². The van der Waals surface area contributed by atoms with Gasteiger partial charge in [0.05, 0.1) is 27.4 Å². The fourth-order valence-electron chi connectivity index (χ4n) is 2.52. The number of esters is 1. The first-order valence-electron chi connectivity index (χ1n) is 7.25. The zero-order valence-electron chi connectivity index (χ0n) is 13.2. The van der Waals surface area contributed by atoms with Gasteiger partial charge in [0, 0.05) is 25.1 Å². The Labute approximate surface area is 129 Å². The van der Waals surface area contributed by atoms with Crippen LogP contribution in [0, 0.1) is 0 Å². The first kappa shape index (κ1) is 16.3. The maximum atomic E-state index is 12.0. The SMILES string of the molecule is CCOC(=O)c1cc(OC)c(CN2CCC(=O)C2)cc1OC. The normalized spacial score (nSPS) is 15.0. The summed E-state index contributed by atoms with van der Waals surface area (Å²) in [5.74, 6) is 0.831. The standard InChI is InChI=1S/C16H21NO5/c1-4-22-16(19)13-8-14(20-2)11(7-15(13)21-3)9-17-6-5-12(18)10-17/h7-8H,4-6,9-10H2,1-3H3. The van der Waals surface area contributed by atoms with Crippen molar-refractivity contribution in [3.63, 3.8) is 0 Å². The summed E-state index contributed by atoms with van der Waals surface area (Å²) in [7, 11) is 3.06. The van der Waals surface area contributed by atoms with Crippen LogP contribution in [-0.4, -0.2) is 50.6 Å². The molecule has 1 fully saturated rings. The van der Waals surface area contributed by atoms with Crippen molar-refractivity contribution >= 4 is 11.8 Å². The van der Waals surface area contributed by atoms with Gasteiger partial charge in [0.25, 0.3) is 0 Å². The van der Waals surface area contributed by atoms with Crippen molar-refractivity contribution in [2.24, 2.45) is 0 Å². The Hall–Kier alpha value is -2.08. The number of ether oxygens (including phenoxy) is 3. The van der Waals surface area contributed by atoms with Crippen molar-refractivity contribution in [1.82, 2.24) is 4.90 Å². The van der Waals surface area contributed by atoms with E-state index < -0.39 is 5.97 Å². The van der Waals surface area contributed by atoms with Crippen molar-refractivity contribution in [1.29, 1.82) is 0 Å². The summed E-state index contributed by atoms with van der Waals surface area (Å²) in [6.07, 6.45) is 0.584. The fraction of sp³-hybridized carbons (Fsp3) is 0.500. The lowest BCUT2D eigenvalue weighted by Gasteiger charge is -2.18. The molecule has 0 spiro atoms. The molecule has 0 N–H and O–H groups in total. The van der Waals surface area contributed by atoms with Gasteiger partial charge in [-0.1, -0.05) is 0 Å². The third-order valence-corrected chi connectivity index (χ3v) is 3.60. The topological polar surface area (TPSA) is 65.1 Å². The van der Waals surface area contributed by atoms with Gasteiger partial charge in [-0.25, -0.2) is 4.79 Å². The van der Waals surface area contributed by atoms with Gasteiger partial charge in [0.15, 0.2) is 0 Å². The molecule has 6 nitrogen and oxygen atoms in total. The van der Waals surface area contributed by atoms with Crippen LogP contribution in [0.5, 0.6) is 11.5 Å². The molecule has 0 saturated carbocycles. The zero-order chi connectivity index (χ0) is 16.1. The second-order valence-electron chi connectivity index (χ2n) is 5.08. The van der Waals surface area contributed by atoms with E-state index in [2.05, 4.69) is 0 Å². The molecular weight excluding hydrogens is 286 g/mol. The van der Waals surface area contributed by atoms with Crippen LogP contribution in [0.25, 0.3) is 0 Å². The molecule has 0 amide bonds. The Kier molecular flexibility index (Phi) is 5.38. The Morgan fingerprint density at radius 3 is 2.50 bits per heavy atom. The molecule has 0 bridgehead atoms. The molecule has 0 aliphatic carbocycles. The van der Waals surface area contributed by atoms with Crippen molar-refractivity contribution in [2.45, 2.75) is 19.9 Å². The van der Waals surface area contributed by atoms with Crippen LogP contribution in [0.15, 0.2) is 12.1 Å². The second kappa shape index (κ2) is 7.26. The van der Waals surface area contributed by atoms with Gasteiger partial charge < -0.3 is 14.2 Å². The number of Topliss-reactive ketones (excluding diaryl/α,β-unsaturated/α-hetero) is 1. The van der Waals surface area contributed by atoms with Gasteiger partial charge in [-0.2, -0.15) is 0 Å². The van der Waals surface area contributed by atoms with Crippen LogP contribution >= 0.6 is 0 Å². The molecule has 1 aliphatic heterocycles.